The van der Waals surface area contributed by atoms with E-state index in [2.05, 4.69) is 22.0 Å². The standard InChI is InChI=1S/C13H17BrO2/c1-15-10-6-7-12(16-2)11(8-10)13(14)9-4-3-5-9/h6-9,13H,3-5H2,1-2H3. The second-order valence-electron chi connectivity index (χ2n) is 4.20. The third-order valence-electron chi connectivity index (χ3n) is 3.30. The molecule has 1 aromatic rings. The molecule has 2 rings (SSSR count). The van der Waals surface area contributed by atoms with Gasteiger partial charge in [0.25, 0.3) is 0 Å². The summed E-state index contributed by atoms with van der Waals surface area (Å²) in [5, 5.41) is 0. The van der Waals surface area contributed by atoms with Crippen LogP contribution < -0.4 is 9.47 Å². The maximum atomic E-state index is 5.40. The summed E-state index contributed by atoms with van der Waals surface area (Å²) in [6.45, 7) is 0. The Morgan fingerprint density at radius 2 is 2.00 bits per heavy atom. The Balaban J connectivity index is 2.27. The van der Waals surface area contributed by atoms with E-state index in [0.717, 1.165) is 17.4 Å². The summed E-state index contributed by atoms with van der Waals surface area (Å²) in [6, 6.07) is 5.97. The van der Waals surface area contributed by atoms with Crippen LogP contribution >= 0.6 is 15.9 Å². The van der Waals surface area contributed by atoms with Gasteiger partial charge in [-0.05, 0) is 37.0 Å². The first-order chi connectivity index (χ1) is 7.76. The molecule has 3 heteroatoms. The van der Waals surface area contributed by atoms with Crippen LogP contribution in [-0.4, -0.2) is 14.2 Å². The summed E-state index contributed by atoms with van der Waals surface area (Å²) in [5.41, 5.74) is 1.20. The molecule has 0 amide bonds. The number of benzene rings is 1. The van der Waals surface area contributed by atoms with Gasteiger partial charge in [-0.2, -0.15) is 0 Å². The third kappa shape index (κ3) is 2.19. The number of hydrogen-bond acceptors (Lipinski definition) is 2. The van der Waals surface area contributed by atoms with Crippen LogP contribution in [0, 0.1) is 5.92 Å². The van der Waals surface area contributed by atoms with Crippen molar-refractivity contribution in [1.82, 2.24) is 0 Å². The molecule has 2 nitrogen and oxygen atoms in total. The molecule has 1 aliphatic carbocycles. The van der Waals surface area contributed by atoms with E-state index in [4.69, 9.17) is 9.47 Å². The van der Waals surface area contributed by atoms with E-state index in [-0.39, 0.29) is 0 Å². The quantitative estimate of drug-likeness (QED) is 0.780. The highest BCUT2D eigenvalue weighted by Gasteiger charge is 2.28. The van der Waals surface area contributed by atoms with Crippen molar-refractivity contribution in [3.05, 3.63) is 23.8 Å². The van der Waals surface area contributed by atoms with E-state index < -0.39 is 0 Å². The predicted molar refractivity (Wildman–Crippen MR) is 68.6 cm³/mol. The maximum absolute atomic E-state index is 5.40. The minimum Gasteiger partial charge on any atom is -0.497 e. The van der Waals surface area contributed by atoms with Crippen LogP contribution in [-0.2, 0) is 0 Å². The van der Waals surface area contributed by atoms with Crippen LogP contribution in [0.2, 0.25) is 0 Å². The number of alkyl halides is 1. The van der Waals surface area contributed by atoms with Gasteiger partial charge in [0, 0.05) is 10.4 Å². The second-order valence-corrected chi connectivity index (χ2v) is 5.19. The molecule has 1 unspecified atom stereocenters. The van der Waals surface area contributed by atoms with Crippen molar-refractivity contribution < 1.29 is 9.47 Å². The highest BCUT2D eigenvalue weighted by Crippen LogP contribution is 2.46. The fourth-order valence-corrected chi connectivity index (χ4v) is 2.93. The van der Waals surface area contributed by atoms with Gasteiger partial charge in [-0.1, -0.05) is 22.4 Å². The molecule has 1 atom stereocenters. The highest BCUT2D eigenvalue weighted by molar-refractivity contribution is 9.09. The van der Waals surface area contributed by atoms with Crippen molar-refractivity contribution in [3.8, 4) is 11.5 Å². The van der Waals surface area contributed by atoms with Gasteiger partial charge in [0.15, 0.2) is 0 Å². The fourth-order valence-electron chi connectivity index (χ4n) is 2.04. The molecule has 0 bridgehead atoms. The van der Waals surface area contributed by atoms with Crippen LogP contribution in [0.3, 0.4) is 0 Å². The fraction of sp³-hybridized carbons (Fsp3) is 0.538. The summed E-state index contributed by atoms with van der Waals surface area (Å²) >= 11 is 3.78. The van der Waals surface area contributed by atoms with Crippen LogP contribution in [0.15, 0.2) is 18.2 Å². The smallest absolute Gasteiger partial charge is 0.123 e. The highest BCUT2D eigenvalue weighted by atomic mass is 79.9. The topological polar surface area (TPSA) is 18.5 Å². The Kier molecular flexibility index (Phi) is 3.74. The van der Waals surface area contributed by atoms with E-state index in [1.165, 1.54) is 24.8 Å². The molecule has 0 heterocycles. The molecule has 0 aromatic heterocycles. The van der Waals surface area contributed by atoms with Crippen LogP contribution in [0.25, 0.3) is 0 Å². The molecule has 0 aliphatic heterocycles. The van der Waals surface area contributed by atoms with Crippen molar-refractivity contribution in [2.45, 2.75) is 24.1 Å². The zero-order valence-corrected chi connectivity index (χ0v) is 11.3. The van der Waals surface area contributed by atoms with Gasteiger partial charge in [-0.25, -0.2) is 0 Å². The lowest BCUT2D eigenvalue weighted by Gasteiger charge is -2.31. The van der Waals surface area contributed by atoms with Crippen molar-refractivity contribution in [1.29, 1.82) is 0 Å². The number of halogens is 1. The van der Waals surface area contributed by atoms with Gasteiger partial charge in [0.05, 0.1) is 14.2 Å². The first-order valence-electron chi connectivity index (χ1n) is 5.62. The van der Waals surface area contributed by atoms with Gasteiger partial charge >= 0.3 is 0 Å². The first-order valence-corrected chi connectivity index (χ1v) is 6.54. The second kappa shape index (κ2) is 5.09. The summed E-state index contributed by atoms with van der Waals surface area (Å²) in [5.74, 6) is 2.56. The normalized spacial score (nSPS) is 17.7. The SMILES string of the molecule is COc1ccc(OC)c(C(Br)C2CCC2)c1. The van der Waals surface area contributed by atoms with Crippen LogP contribution in [0.5, 0.6) is 11.5 Å². The van der Waals surface area contributed by atoms with Crippen molar-refractivity contribution in [2.75, 3.05) is 14.2 Å². The molecular weight excluding hydrogens is 268 g/mol. The largest absolute Gasteiger partial charge is 0.497 e. The number of rotatable bonds is 4. The molecule has 0 N–H and O–H groups in total. The predicted octanol–water partition coefficient (Wildman–Crippen LogP) is 3.94. The van der Waals surface area contributed by atoms with Gasteiger partial charge in [0.2, 0.25) is 0 Å². The van der Waals surface area contributed by atoms with E-state index in [1.807, 2.05) is 12.1 Å². The third-order valence-corrected chi connectivity index (χ3v) is 4.54. The Bertz CT molecular complexity index is 361. The average molecular weight is 285 g/mol. The van der Waals surface area contributed by atoms with E-state index in [0.29, 0.717) is 4.83 Å². The lowest BCUT2D eigenvalue weighted by molar-refractivity contribution is 0.306. The van der Waals surface area contributed by atoms with Gasteiger partial charge in [0.1, 0.15) is 11.5 Å². The minimum atomic E-state index is 0.381. The first kappa shape index (κ1) is 11.8. The van der Waals surface area contributed by atoms with Crippen LogP contribution in [0.4, 0.5) is 0 Å². The molecule has 0 saturated heterocycles. The molecular formula is C13H17BrO2. The maximum Gasteiger partial charge on any atom is 0.123 e. The molecule has 1 aliphatic rings. The van der Waals surface area contributed by atoms with Crippen molar-refractivity contribution in [3.63, 3.8) is 0 Å². The number of ether oxygens (including phenoxy) is 2. The van der Waals surface area contributed by atoms with E-state index >= 15 is 0 Å². The number of hydrogen-bond donors (Lipinski definition) is 0. The monoisotopic (exact) mass is 284 g/mol. The summed E-state index contributed by atoms with van der Waals surface area (Å²) in [6.07, 6.45) is 3.95. The Hall–Kier alpha value is -0.700. The molecule has 1 saturated carbocycles. The minimum absolute atomic E-state index is 0.381. The van der Waals surface area contributed by atoms with E-state index in [1.54, 1.807) is 14.2 Å². The lowest BCUT2D eigenvalue weighted by atomic mass is 9.80. The Morgan fingerprint density at radius 3 is 2.50 bits per heavy atom. The van der Waals surface area contributed by atoms with Gasteiger partial charge in [-0.15, -0.1) is 0 Å². The van der Waals surface area contributed by atoms with Gasteiger partial charge in [-0.3, -0.25) is 0 Å². The Morgan fingerprint density at radius 1 is 1.25 bits per heavy atom. The van der Waals surface area contributed by atoms with Crippen LogP contribution in [0.1, 0.15) is 29.7 Å². The summed E-state index contributed by atoms with van der Waals surface area (Å²) < 4.78 is 10.7. The molecule has 0 radical (unpaired) electrons. The zero-order valence-electron chi connectivity index (χ0n) is 9.70. The molecule has 1 aromatic carbocycles. The lowest BCUT2D eigenvalue weighted by Crippen LogP contribution is -2.16. The zero-order chi connectivity index (χ0) is 11.5. The number of methoxy groups -OCH3 is 2. The molecule has 88 valence electrons. The molecule has 1 fully saturated rings. The Labute approximate surface area is 105 Å². The summed E-state index contributed by atoms with van der Waals surface area (Å²) in [4.78, 5) is 0.381. The summed E-state index contributed by atoms with van der Waals surface area (Å²) in [7, 11) is 3.41. The van der Waals surface area contributed by atoms with Crippen molar-refractivity contribution in [2.24, 2.45) is 5.92 Å². The van der Waals surface area contributed by atoms with Gasteiger partial charge < -0.3 is 9.47 Å². The molecule has 0 spiro atoms. The molecule has 16 heavy (non-hydrogen) atoms. The average Bonchev–Trinajstić information content (AvgIpc) is 2.25. The van der Waals surface area contributed by atoms with Crippen molar-refractivity contribution >= 4 is 15.9 Å². The van der Waals surface area contributed by atoms with E-state index in [9.17, 15) is 0 Å².